The second-order valence-corrected chi connectivity index (χ2v) is 15.6. The average Bonchev–Trinajstić information content (AvgIpc) is 4.02. The van der Waals surface area contributed by atoms with Gasteiger partial charge in [0.2, 0.25) is 0 Å². The van der Waals surface area contributed by atoms with Crippen LogP contribution in [0.2, 0.25) is 0 Å². The minimum atomic E-state index is -0.0793. The number of hydrogen-bond acceptors (Lipinski definition) is 14. The summed E-state index contributed by atoms with van der Waals surface area (Å²) in [5.74, 6) is 0.753. The maximum absolute atomic E-state index is 12.7. The van der Waals surface area contributed by atoms with Gasteiger partial charge in [-0.3, -0.25) is 9.59 Å². The summed E-state index contributed by atoms with van der Waals surface area (Å²) < 4.78 is 0. The van der Waals surface area contributed by atoms with Crippen LogP contribution in [0.15, 0.2) is 90.0 Å². The van der Waals surface area contributed by atoms with Gasteiger partial charge in [-0.1, -0.05) is 35.6 Å². The first-order chi connectivity index (χ1) is 25.9. The van der Waals surface area contributed by atoms with Crippen LogP contribution in [0.4, 0.5) is 22.2 Å². The third kappa shape index (κ3) is 9.15. The van der Waals surface area contributed by atoms with Crippen molar-refractivity contribution in [1.29, 1.82) is 0 Å². The van der Waals surface area contributed by atoms with Gasteiger partial charge in [-0.2, -0.15) is 0 Å². The Morgan fingerprint density at radius 3 is 1.75 bits per heavy atom. The lowest BCUT2D eigenvalue weighted by atomic mass is 10.0. The van der Waals surface area contributed by atoms with Crippen LogP contribution in [0.3, 0.4) is 0 Å². The molecule has 6 aromatic rings. The normalized spacial score (nSPS) is 14.4. The summed E-state index contributed by atoms with van der Waals surface area (Å²) in [6, 6.07) is 19.9. The molecule has 0 spiro atoms. The quantitative estimate of drug-likeness (QED) is 0.0973. The van der Waals surface area contributed by atoms with Gasteiger partial charge in [0.1, 0.15) is 16.5 Å². The van der Waals surface area contributed by atoms with Gasteiger partial charge in [-0.25, -0.2) is 15.0 Å². The zero-order valence-corrected chi connectivity index (χ0v) is 31.6. The van der Waals surface area contributed by atoms with Crippen LogP contribution in [-0.4, -0.2) is 78.9 Å². The van der Waals surface area contributed by atoms with E-state index >= 15 is 0 Å². The Bertz CT molecular complexity index is 2120. The van der Waals surface area contributed by atoms with Gasteiger partial charge in [-0.15, -0.1) is 22.7 Å². The number of rotatable bonds is 10. The molecule has 8 rings (SSSR count). The number of benzene rings is 2. The summed E-state index contributed by atoms with van der Waals surface area (Å²) in [7, 11) is 0. The topological polar surface area (TPSA) is 155 Å². The summed E-state index contributed by atoms with van der Waals surface area (Å²) in [5.41, 5.74) is 17.7. The number of nitrogens with one attached hydrogen (secondary N) is 2. The molecule has 0 unspecified atom stereocenters. The molecule has 2 fully saturated rings. The highest BCUT2D eigenvalue weighted by atomic mass is 32.1. The molecular formula is C39H41N9O2S3. The standard InChI is InChI=1S/C20H21N5OS.C19H20N4OS2/c21-16-4-3-14(19-2-1-9-27-19)10-15(16)11-18(26)17-12-24-20(13-23-17)25-7-5-22-6-8-25;20-15-4-3-13(17-2-1-9-25-17)10-14(15)11-16(24)19-22-12-18(26-19)23-7-5-21-6-8-23/h1-4,9-10,12-13,22H,5-8,11,21H2;1-4,9-10,12,21H,5-8,11,20H2. The maximum atomic E-state index is 12.7. The minimum Gasteiger partial charge on any atom is -0.398 e. The number of piperazine rings is 2. The zero-order chi connectivity index (χ0) is 36.6. The van der Waals surface area contributed by atoms with Crippen molar-refractivity contribution in [2.75, 3.05) is 73.6 Å². The molecule has 272 valence electrons. The largest absolute Gasteiger partial charge is 0.398 e. The van der Waals surface area contributed by atoms with E-state index in [9.17, 15) is 9.59 Å². The predicted molar refractivity (Wildman–Crippen MR) is 219 cm³/mol. The number of ketones is 2. The summed E-state index contributed by atoms with van der Waals surface area (Å²) in [5, 5.41) is 12.3. The Morgan fingerprint density at radius 1 is 0.660 bits per heavy atom. The van der Waals surface area contributed by atoms with Crippen LogP contribution < -0.4 is 31.9 Å². The van der Waals surface area contributed by atoms with Crippen LogP contribution in [0.25, 0.3) is 20.9 Å². The monoisotopic (exact) mass is 763 g/mol. The van der Waals surface area contributed by atoms with Crippen molar-refractivity contribution < 1.29 is 9.59 Å². The van der Waals surface area contributed by atoms with E-state index in [1.54, 1.807) is 35.1 Å². The fourth-order valence-corrected chi connectivity index (χ4v) is 8.52. The first-order valence-electron chi connectivity index (χ1n) is 17.5. The molecule has 11 nitrogen and oxygen atoms in total. The minimum absolute atomic E-state index is 0.0198. The summed E-state index contributed by atoms with van der Waals surface area (Å²) in [4.78, 5) is 45.3. The number of nitrogen functional groups attached to an aromatic ring is 2. The number of thiazole rings is 1. The second-order valence-electron chi connectivity index (χ2n) is 12.7. The third-order valence-corrected chi connectivity index (χ3v) is 12.1. The van der Waals surface area contributed by atoms with Crippen LogP contribution >= 0.6 is 34.0 Å². The van der Waals surface area contributed by atoms with Crippen molar-refractivity contribution in [3.05, 3.63) is 112 Å². The predicted octanol–water partition coefficient (Wildman–Crippen LogP) is 5.91. The van der Waals surface area contributed by atoms with Gasteiger partial charge >= 0.3 is 0 Å². The molecule has 0 amide bonds. The molecule has 0 aliphatic carbocycles. The van der Waals surface area contributed by atoms with Crippen LogP contribution in [0.1, 0.15) is 31.4 Å². The SMILES string of the molecule is Nc1ccc(-c2cccs2)cc1CC(=O)c1cnc(N2CCNCC2)cn1.Nc1ccc(-c2cccs2)cc1CC(=O)c1ncc(N2CCNCC2)s1. The molecule has 2 aromatic carbocycles. The van der Waals surface area contributed by atoms with Gasteiger partial charge in [0, 0.05) is 86.3 Å². The number of Topliss-reactive ketones (excluding diaryl/α,β-unsaturated/α-hetero) is 2. The number of aromatic nitrogens is 3. The molecule has 6 N–H and O–H groups in total. The number of anilines is 4. The van der Waals surface area contributed by atoms with Crippen molar-refractivity contribution in [2.24, 2.45) is 0 Å². The summed E-state index contributed by atoms with van der Waals surface area (Å²) >= 11 is 4.82. The fourth-order valence-electron chi connectivity index (χ4n) is 6.17. The lowest BCUT2D eigenvalue weighted by molar-refractivity contribution is 0.0982. The van der Waals surface area contributed by atoms with Crippen molar-refractivity contribution in [3.8, 4) is 20.9 Å². The molecule has 2 aliphatic rings. The van der Waals surface area contributed by atoms with Gasteiger partial charge in [0.25, 0.3) is 0 Å². The first kappa shape index (κ1) is 36.4. The second kappa shape index (κ2) is 17.2. The molecule has 14 heteroatoms. The van der Waals surface area contributed by atoms with Crippen molar-refractivity contribution >= 4 is 67.8 Å². The first-order valence-corrected chi connectivity index (χ1v) is 20.1. The number of carbonyl (C=O) groups is 2. The highest BCUT2D eigenvalue weighted by Gasteiger charge is 2.19. The Labute approximate surface area is 320 Å². The van der Waals surface area contributed by atoms with Crippen molar-refractivity contribution in [2.45, 2.75) is 12.8 Å². The Morgan fingerprint density at radius 2 is 1.23 bits per heavy atom. The van der Waals surface area contributed by atoms with E-state index in [2.05, 4.69) is 47.5 Å². The molecule has 0 bridgehead atoms. The van der Waals surface area contributed by atoms with E-state index in [0.29, 0.717) is 22.1 Å². The number of carbonyl (C=O) groups excluding carboxylic acids is 2. The molecular weight excluding hydrogens is 723 g/mol. The van der Waals surface area contributed by atoms with Crippen LogP contribution in [0.5, 0.6) is 0 Å². The average molecular weight is 764 g/mol. The lowest BCUT2D eigenvalue weighted by Gasteiger charge is -2.27. The molecule has 0 atom stereocenters. The highest BCUT2D eigenvalue weighted by molar-refractivity contribution is 7.17. The number of nitrogens with two attached hydrogens (primary N) is 2. The smallest absolute Gasteiger partial charge is 0.195 e. The van der Waals surface area contributed by atoms with Crippen molar-refractivity contribution in [3.63, 3.8) is 0 Å². The van der Waals surface area contributed by atoms with Gasteiger partial charge < -0.3 is 31.9 Å². The van der Waals surface area contributed by atoms with E-state index in [1.807, 2.05) is 65.5 Å². The van der Waals surface area contributed by atoms with E-state index in [0.717, 1.165) is 90.3 Å². The molecule has 2 aliphatic heterocycles. The fraction of sp³-hybridized carbons (Fsp3) is 0.256. The molecule has 53 heavy (non-hydrogen) atoms. The van der Waals surface area contributed by atoms with E-state index in [-0.39, 0.29) is 24.4 Å². The summed E-state index contributed by atoms with van der Waals surface area (Å²) in [6.45, 7) is 7.49. The zero-order valence-electron chi connectivity index (χ0n) is 29.2. The van der Waals surface area contributed by atoms with Crippen LogP contribution in [0, 0.1) is 0 Å². The van der Waals surface area contributed by atoms with Gasteiger partial charge in [-0.05, 0) is 69.4 Å². The third-order valence-electron chi connectivity index (χ3n) is 9.12. The Kier molecular flexibility index (Phi) is 11.8. The van der Waals surface area contributed by atoms with Crippen molar-refractivity contribution in [1.82, 2.24) is 25.6 Å². The van der Waals surface area contributed by atoms with E-state index in [1.165, 1.54) is 16.2 Å². The molecule has 0 saturated carbocycles. The van der Waals surface area contributed by atoms with Gasteiger partial charge in [0.15, 0.2) is 16.6 Å². The molecule has 2 saturated heterocycles. The number of nitrogens with zero attached hydrogens (tertiary/aromatic N) is 5. The molecule has 4 aromatic heterocycles. The van der Waals surface area contributed by atoms with E-state index < -0.39 is 0 Å². The molecule has 6 heterocycles. The molecule has 0 radical (unpaired) electrons. The maximum Gasteiger partial charge on any atom is 0.195 e. The Balaban J connectivity index is 0.000000164. The summed E-state index contributed by atoms with van der Waals surface area (Å²) in [6.07, 6.45) is 5.56. The van der Waals surface area contributed by atoms with E-state index in [4.69, 9.17) is 11.5 Å². The number of thiophene rings is 2. The Hall–Kier alpha value is -4.99. The van der Waals surface area contributed by atoms with Gasteiger partial charge in [0.05, 0.1) is 18.6 Å². The number of hydrogen-bond donors (Lipinski definition) is 4. The highest BCUT2D eigenvalue weighted by Crippen LogP contribution is 2.31. The lowest BCUT2D eigenvalue weighted by Crippen LogP contribution is -2.43. The van der Waals surface area contributed by atoms with Crippen LogP contribution in [-0.2, 0) is 12.8 Å².